The number of ketones is 1. The van der Waals surface area contributed by atoms with Crippen LogP contribution in [0.15, 0.2) is 11.6 Å². The summed E-state index contributed by atoms with van der Waals surface area (Å²) in [5, 5.41) is 11.3. The van der Waals surface area contributed by atoms with Gasteiger partial charge in [0.1, 0.15) is 11.9 Å². The third-order valence-electron chi connectivity index (χ3n) is 8.70. The smallest absolute Gasteiger partial charge is 0.303 e. The fourth-order valence-corrected chi connectivity index (χ4v) is 7.72. The lowest BCUT2D eigenvalue weighted by Crippen LogP contribution is -2.66. The predicted molar refractivity (Wildman–Crippen MR) is 98.1 cm³/mol. The molecule has 0 spiro atoms. The molecule has 0 radical (unpaired) electrons. The first-order chi connectivity index (χ1) is 12.1. The molecule has 4 rings (SSSR count). The standard InChI is InChI=1S/C22H32O4/c1-11-6-9-15-18(26-13(3)23)20(25)21(4)10-16(24)17-12(2)7-8-14(11)22(15,5)19(17)21/h7,11,14-15,17-20,25H,6,8-10H2,1-5H3/t11-,14+,15+,17-,18+,19+,20+,21-,22-/m0/s1. The summed E-state index contributed by atoms with van der Waals surface area (Å²) in [5.74, 6) is 1.12. The van der Waals surface area contributed by atoms with Crippen LogP contribution in [0.3, 0.4) is 0 Å². The highest BCUT2D eigenvalue weighted by atomic mass is 16.6. The van der Waals surface area contributed by atoms with Gasteiger partial charge >= 0.3 is 5.97 Å². The molecule has 1 N–H and O–H groups in total. The van der Waals surface area contributed by atoms with Crippen LogP contribution in [-0.2, 0) is 14.3 Å². The maximum atomic E-state index is 13.1. The van der Waals surface area contributed by atoms with Crippen LogP contribution in [0, 0.1) is 40.4 Å². The summed E-state index contributed by atoms with van der Waals surface area (Å²) in [6, 6.07) is 0. The largest absolute Gasteiger partial charge is 0.459 e. The molecule has 4 heteroatoms. The van der Waals surface area contributed by atoms with Crippen molar-refractivity contribution in [2.75, 3.05) is 0 Å². The molecule has 0 amide bonds. The zero-order chi connectivity index (χ0) is 19.0. The molecule has 9 atom stereocenters. The van der Waals surface area contributed by atoms with E-state index in [9.17, 15) is 14.7 Å². The first-order valence-electron chi connectivity index (χ1n) is 10.2. The van der Waals surface area contributed by atoms with Gasteiger partial charge in [-0.1, -0.05) is 32.4 Å². The van der Waals surface area contributed by atoms with Crippen molar-refractivity contribution in [2.24, 2.45) is 40.4 Å². The molecule has 4 nitrogen and oxygen atoms in total. The third-order valence-corrected chi connectivity index (χ3v) is 8.70. The number of carbonyl (C=O) groups excluding carboxylic acids is 2. The second kappa shape index (κ2) is 5.67. The molecule has 3 fully saturated rings. The van der Waals surface area contributed by atoms with Gasteiger partial charge in [0.15, 0.2) is 0 Å². The van der Waals surface area contributed by atoms with Crippen LogP contribution in [-0.4, -0.2) is 29.1 Å². The van der Waals surface area contributed by atoms with E-state index in [0.29, 0.717) is 18.3 Å². The Morgan fingerprint density at radius 2 is 1.96 bits per heavy atom. The fourth-order valence-electron chi connectivity index (χ4n) is 7.72. The molecule has 0 bridgehead atoms. The Kier molecular flexibility index (Phi) is 3.97. The molecule has 0 aromatic rings. The van der Waals surface area contributed by atoms with Gasteiger partial charge in [0.05, 0.1) is 6.10 Å². The Balaban J connectivity index is 1.92. The molecular formula is C22H32O4. The van der Waals surface area contributed by atoms with Crippen LogP contribution in [0.4, 0.5) is 0 Å². The highest BCUT2D eigenvalue weighted by Crippen LogP contribution is 2.70. The van der Waals surface area contributed by atoms with E-state index in [1.165, 1.54) is 12.5 Å². The molecule has 0 heterocycles. The van der Waals surface area contributed by atoms with Crippen LogP contribution in [0.5, 0.6) is 0 Å². The van der Waals surface area contributed by atoms with Crippen molar-refractivity contribution < 1.29 is 19.4 Å². The summed E-state index contributed by atoms with van der Waals surface area (Å²) in [5.41, 5.74) is 0.557. The number of hydrogen-bond acceptors (Lipinski definition) is 4. The summed E-state index contributed by atoms with van der Waals surface area (Å²) in [6.07, 6.45) is 4.42. The second-order valence-electron chi connectivity index (χ2n) is 9.94. The molecule has 0 saturated heterocycles. The highest BCUT2D eigenvalue weighted by Gasteiger charge is 2.72. The normalized spacial score (nSPS) is 52.8. The van der Waals surface area contributed by atoms with Gasteiger partial charge in [0.2, 0.25) is 0 Å². The summed E-state index contributed by atoms with van der Waals surface area (Å²) < 4.78 is 5.74. The van der Waals surface area contributed by atoms with E-state index < -0.39 is 17.6 Å². The van der Waals surface area contributed by atoms with Crippen molar-refractivity contribution in [3.05, 3.63) is 11.6 Å². The zero-order valence-corrected chi connectivity index (χ0v) is 16.6. The molecule has 144 valence electrons. The van der Waals surface area contributed by atoms with Gasteiger partial charge in [-0.25, -0.2) is 0 Å². The molecule has 0 aromatic heterocycles. The average molecular weight is 360 g/mol. The first-order valence-corrected chi connectivity index (χ1v) is 10.2. The maximum absolute atomic E-state index is 13.1. The van der Waals surface area contributed by atoms with Gasteiger partial charge in [-0.05, 0) is 49.4 Å². The maximum Gasteiger partial charge on any atom is 0.303 e. The topological polar surface area (TPSA) is 63.6 Å². The lowest BCUT2D eigenvalue weighted by Gasteiger charge is -2.64. The van der Waals surface area contributed by atoms with Gasteiger partial charge in [-0.3, -0.25) is 9.59 Å². The zero-order valence-electron chi connectivity index (χ0n) is 16.6. The van der Waals surface area contributed by atoms with Gasteiger partial charge in [0, 0.05) is 30.6 Å². The van der Waals surface area contributed by atoms with Crippen LogP contribution < -0.4 is 0 Å². The van der Waals surface area contributed by atoms with Crippen LogP contribution in [0.2, 0.25) is 0 Å². The van der Waals surface area contributed by atoms with Crippen LogP contribution in [0.1, 0.15) is 60.3 Å². The molecule has 4 aliphatic rings. The number of aliphatic hydroxyl groups excluding tert-OH is 1. The SMILES string of the molecule is CC(=O)O[C@H]1[C@@H](O)[C@@]2(C)CC(=O)[C@@H]3C(C)=CC[C@@H]4[C@@H](C)CC[C@H]1[C@@]4(C)[C@H]32. The predicted octanol–water partition coefficient (Wildman–Crippen LogP) is 3.52. The van der Waals surface area contributed by atoms with Crippen LogP contribution in [0.25, 0.3) is 0 Å². The van der Waals surface area contributed by atoms with E-state index in [0.717, 1.165) is 19.3 Å². The molecule has 0 unspecified atom stereocenters. The Hall–Kier alpha value is -1.16. The Morgan fingerprint density at radius 1 is 1.27 bits per heavy atom. The number of rotatable bonds is 1. The molecular weight excluding hydrogens is 328 g/mol. The van der Waals surface area contributed by atoms with Crippen molar-refractivity contribution in [3.63, 3.8) is 0 Å². The number of esters is 1. The number of aliphatic hydroxyl groups is 1. The lowest BCUT2D eigenvalue weighted by atomic mass is 9.42. The van der Waals surface area contributed by atoms with E-state index in [-0.39, 0.29) is 34.9 Å². The summed E-state index contributed by atoms with van der Waals surface area (Å²) in [4.78, 5) is 24.9. The van der Waals surface area contributed by atoms with Crippen LogP contribution >= 0.6 is 0 Å². The average Bonchev–Trinajstić information content (AvgIpc) is 2.75. The van der Waals surface area contributed by atoms with Crippen molar-refractivity contribution in [1.82, 2.24) is 0 Å². The summed E-state index contributed by atoms with van der Waals surface area (Å²) in [7, 11) is 0. The fraction of sp³-hybridized carbons (Fsp3) is 0.818. The Labute approximate surface area is 156 Å². The lowest BCUT2D eigenvalue weighted by molar-refractivity contribution is -0.239. The molecule has 26 heavy (non-hydrogen) atoms. The minimum Gasteiger partial charge on any atom is -0.459 e. The van der Waals surface area contributed by atoms with E-state index in [4.69, 9.17) is 4.74 Å². The number of Topliss-reactive ketones (excluding diaryl/α,β-unsaturated/α-hetero) is 1. The number of hydrogen-bond donors (Lipinski definition) is 1. The van der Waals surface area contributed by atoms with E-state index in [2.05, 4.69) is 33.8 Å². The summed E-state index contributed by atoms with van der Waals surface area (Å²) in [6.45, 7) is 10.2. The minimum absolute atomic E-state index is 0.0873. The van der Waals surface area contributed by atoms with Gasteiger partial charge in [-0.2, -0.15) is 0 Å². The third kappa shape index (κ3) is 2.11. The molecule has 4 aliphatic carbocycles. The van der Waals surface area contributed by atoms with Crippen molar-refractivity contribution in [3.8, 4) is 0 Å². The first kappa shape index (κ1) is 18.2. The highest BCUT2D eigenvalue weighted by molar-refractivity contribution is 5.88. The quantitative estimate of drug-likeness (QED) is 0.574. The molecule has 3 saturated carbocycles. The monoisotopic (exact) mass is 360 g/mol. The van der Waals surface area contributed by atoms with Gasteiger partial charge in [-0.15, -0.1) is 0 Å². The molecule has 0 aromatic carbocycles. The van der Waals surface area contributed by atoms with Crippen molar-refractivity contribution >= 4 is 11.8 Å². The van der Waals surface area contributed by atoms with Gasteiger partial charge < -0.3 is 9.84 Å². The minimum atomic E-state index is -0.775. The van der Waals surface area contributed by atoms with E-state index in [1.54, 1.807) is 0 Å². The van der Waals surface area contributed by atoms with Crippen molar-refractivity contribution in [1.29, 1.82) is 0 Å². The van der Waals surface area contributed by atoms with E-state index >= 15 is 0 Å². The summed E-state index contributed by atoms with van der Waals surface area (Å²) >= 11 is 0. The Morgan fingerprint density at radius 3 is 2.62 bits per heavy atom. The number of ether oxygens (including phenoxy) is 1. The Bertz CT molecular complexity index is 682. The van der Waals surface area contributed by atoms with Gasteiger partial charge in [0.25, 0.3) is 0 Å². The van der Waals surface area contributed by atoms with E-state index in [1.807, 2.05) is 0 Å². The number of carbonyl (C=O) groups is 2. The second-order valence-corrected chi connectivity index (χ2v) is 9.94. The number of allylic oxidation sites excluding steroid dienone is 2. The van der Waals surface area contributed by atoms with Crippen molar-refractivity contribution in [2.45, 2.75) is 72.5 Å². The molecule has 0 aliphatic heterocycles.